The van der Waals surface area contributed by atoms with Crippen molar-refractivity contribution in [3.8, 4) is 68.5 Å². The highest BCUT2D eigenvalue weighted by Crippen LogP contribution is 2.39. The molecule has 0 radical (unpaired) electrons. The maximum Gasteiger partial charge on any atom is 0.323 e. The van der Waals surface area contributed by atoms with E-state index in [0.717, 1.165) is 136 Å². The maximum atomic E-state index is 14.5. The van der Waals surface area contributed by atoms with E-state index < -0.39 is 111 Å². The molecular formula is C103H76ClF11N22O8. The van der Waals surface area contributed by atoms with Crippen molar-refractivity contribution in [3.63, 3.8) is 0 Å². The van der Waals surface area contributed by atoms with Crippen LogP contribution in [0, 0.1) is 70.9 Å². The Balaban J connectivity index is 0.000000132. The zero-order valence-electron chi connectivity index (χ0n) is 75.5. The normalized spacial score (nSPS) is 12.1. The number of hydrogen-bond donors (Lipinski definition) is 10. The first-order valence-corrected chi connectivity index (χ1v) is 44.4. The quantitative estimate of drug-likeness (QED) is 0.0317. The van der Waals surface area contributed by atoms with Gasteiger partial charge in [-0.3, -0.25) is 29.9 Å². The first kappa shape index (κ1) is 98.2. The van der Waals surface area contributed by atoms with Crippen molar-refractivity contribution in [2.75, 3.05) is 105 Å². The summed E-state index contributed by atoms with van der Waals surface area (Å²) in [6, 6.07) is 53.7. The number of fused-ring (bicyclic) bond motifs is 4. The van der Waals surface area contributed by atoms with Gasteiger partial charge < -0.3 is 81.9 Å². The number of aromatic nitrogens is 10. The van der Waals surface area contributed by atoms with Gasteiger partial charge in [0.05, 0.1) is 80.3 Å². The van der Waals surface area contributed by atoms with Gasteiger partial charge in [-0.2, -0.15) is 17.6 Å². The number of nitrogens with one attached hydrogen (secondary N) is 10. The first-order valence-electron chi connectivity index (χ1n) is 44.0. The van der Waals surface area contributed by atoms with Gasteiger partial charge in [-0.05, 0) is 153 Å². The highest BCUT2D eigenvalue weighted by Gasteiger charge is 2.24. The number of carbonyl (C=O) groups excluding carboxylic acids is 4. The van der Waals surface area contributed by atoms with Crippen LogP contribution >= 0.6 is 11.6 Å². The van der Waals surface area contributed by atoms with E-state index in [0.29, 0.717) is 72.0 Å². The standard InChI is InChI=1S/C27H18F3N5O2.C26H16F3N5O2.C25H21ClF2N6O2.C25H21F3N6O2/c1-15-5-6-16(13-31-15)24-14-32-22-8-7-20(12-23(22)35-24)37-25-11-19(10-21(29)26(25)30)34-27(36)33-18-4-2-3-17(28)9-18;27-16-4-1-5-17(9-16)32-26(35)33-18-10-20(28)25(29)24(11-18)36-19-6-7-21-22(12-19)34-23(14-31-21)15-3-2-8-30-13-15;2*26-15-2-1-3-16(10-15)31-25(35)32-17-11-19(27)24(28)22(12-17)36-18-4-5-20-21(13-18)33-23(14-30-20)34-8-6-29-7-9-34/h2-14H,1H3,(H2,33,34,36);1-14H,(H2,32,33,35);2*1-5,10-14,29H,6-9H2,(H2,31,32,35). The van der Waals surface area contributed by atoms with Crippen molar-refractivity contribution < 1.29 is 86.4 Å². The van der Waals surface area contributed by atoms with Gasteiger partial charge in [0.2, 0.25) is 23.3 Å². The van der Waals surface area contributed by atoms with Gasteiger partial charge in [-0.25, -0.2) is 69.8 Å². The number of halogens is 12. The number of carbonyl (C=O) groups is 4. The molecule has 2 aliphatic rings. The molecule has 2 aliphatic heterocycles. The smallest absolute Gasteiger partial charge is 0.323 e. The van der Waals surface area contributed by atoms with Crippen LogP contribution in [0.15, 0.2) is 286 Å². The number of hydrogen-bond acceptors (Lipinski definition) is 22. The Hall–Kier alpha value is -18.4. The van der Waals surface area contributed by atoms with E-state index in [-0.39, 0.29) is 62.8 Å². The number of urea groups is 4. The molecule has 0 bridgehead atoms. The topological polar surface area (TPSA) is 361 Å². The molecule has 730 valence electrons. The van der Waals surface area contributed by atoms with E-state index in [2.05, 4.69) is 113 Å². The second-order valence-corrected chi connectivity index (χ2v) is 32.3. The summed E-state index contributed by atoms with van der Waals surface area (Å²) in [6.07, 6.45) is 11.6. The highest BCUT2D eigenvalue weighted by molar-refractivity contribution is 6.31. The minimum atomic E-state index is -1.23. The van der Waals surface area contributed by atoms with Crippen LogP contribution < -0.4 is 81.9 Å². The molecule has 0 aliphatic carbocycles. The summed E-state index contributed by atoms with van der Waals surface area (Å²) in [5.74, 6) is -10.8. The van der Waals surface area contributed by atoms with Crippen molar-refractivity contribution in [3.05, 3.63) is 361 Å². The third-order valence-corrected chi connectivity index (χ3v) is 21.6. The lowest BCUT2D eigenvalue weighted by atomic mass is 10.2. The van der Waals surface area contributed by atoms with Crippen molar-refractivity contribution in [2.24, 2.45) is 0 Å². The Morgan fingerprint density at radius 1 is 0.303 bits per heavy atom. The monoisotopic (exact) mass is 1990 g/mol. The number of pyridine rings is 2. The second kappa shape index (κ2) is 45.3. The van der Waals surface area contributed by atoms with Crippen LogP contribution in [0.25, 0.3) is 66.6 Å². The number of rotatable bonds is 20. The zero-order valence-corrected chi connectivity index (χ0v) is 76.2. The minimum absolute atomic E-state index is 0.00463. The van der Waals surface area contributed by atoms with Crippen LogP contribution in [0.2, 0.25) is 5.02 Å². The number of piperazine rings is 2. The van der Waals surface area contributed by atoms with E-state index in [9.17, 15) is 67.5 Å². The highest BCUT2D eigenvalue weighted by atomic mass is 35.5. The van der Waals surface area contributed by atoms with E-state index in [1.54, 1.807) is 128 Å². The fraction of sp³-hybridized carbons (Fsp3) is 0.0874. The van der Waals surface area contributed by atoms with Gasteiger partial charge in [-0.1, -0.05) is 35.9 Å². The Morgan fingerprint density at radius 3 is 0.938 bits per heavy atom. The molecule has 0 unspecified atom stereocenters. The molecule has 8 heterocycles. The lowest BCUT2D eigenvalue weighted by Crippen LogP contribution is -2.43. The molecule has 0 spiro atoms. The van der Waals surface area contributed by atoms with Gasteiger partial charge in [-0.15, -0.1) is 0 Å². The van der Waals surface area contributed by atoms with Crippen LogP contribution in [0.4, 0.5) is 125 Å². The van der Waals surface area contributed by atoms with Crippen molar-refractivity contribution in [1.82, 2.24) is 60.5 Å². The summed E-state index contributed by atoms with van der Waals surface area (Å²) < 4.78 is 178. The van der Waals surface area contributed by atoms with Crippen molar-refractivity contribution in [2.45, 2.75) is 6.92 Å². The lowest BCUT2D eigenvalue weighted by Gasteiger charge is -2.28. The minimum Gasteiger partial charge on any atom is -0.454 e. The van der Waals surface area contributed by atoms with Gasteiger partial charge in [0.25, 0.3) is 0 Å². The Labute approximate surface area is 820 Å². The van der Waals surface area contributed by atoms with Crippen LogP contribution in [0.5, 0.6) is 46.0 Å². The number of aryl methyl sites for hydroxylation is 1. The molecule has 10 N–H and O–H groups in total. The second-order valence-electron chi connectivity index (χ2n) is 31.8. The summed E-state index contributed by atoms with van der Waals surface area (Å²) >= 11 is 5.92. The van der Waals surface area contributed by atoms with Crippen molar-refractivity contribution in [1.29, 1.82) is 0 Å². The molecule has 0 saturated carbocycles. The average molecular weight is 1990 g/mol. The average Bonchev–Trinajstić information content (AvgIpc) is 0.811. The molecule has 12 aromatic carbocycles. The molecule has 42 heteroatoms. The number of anilines is 10. The van der Waals surface area contributed by atoms with Crippen LogP contribution in [-0.4, -0.2) is 126 Å². The molecule has 18 aromatic rings. The molecule has 2 fully saturated rings. The van der Waals surface area contributed by atoms with Gasteiger partial charge in [0.15, 0.2) is 46.3 Å². The number of benzene rings is 12. The Kier molecular flexibility index (Phi) is 30.7. The summed E-state index contributed by atoms with van der Waals surface area (Å²) in [6.45, 7) is 8.50. The first-order chi connectivity index (χ1) is 70.2. The largest absolute Gasteiger partial charge is 0.454 e. The maximum absolute atomic E-state index is 14.5. The SMILES string of the molecule is Cc1ccc(-c2cnc3ccc(Oc4cc(NC(=O)Nc5cccc(F)c5)cc(F)c4F)cc3n2)cn1.O=C(Nc1cccc(Cl)c1)Nc1cc(F)c(F)c(Oc2ccc3ncc(N4CCNCC4)nc3c2)c1.O=C(Nc1cccc(F)c1)Nc1cc(F)c(F)c(Oc2ccc3ncc(-c4cccnc4)nc3c2)c1.O=C(Nc1cccc(F)c1)Nc1cc(F)c(F)c(Oc2ccc3ncc(N4CCNCC4)nc3c2)c1. The number of amides is 8. The predicted octanol–water partition coefficient (Wildman–Crippen LogP) is 23.7. The summed E-state index contributed by atoms with van der Waals surface area (Å²) in [5, 5.41) is 26.4. The van der Waals surface area contributed by atoms with Crippen LogP contribution in [-0.2, 0) is 0 Å². The van der Waals surface area contributed by atoms with Crippen LogP contribution in [0.1, 0.15) is 5.69 Å². The Bertz CT molecular complexity index is 7680. The summed E-state index contributed by atoms with van der Waals surface area (Å²) in [4.78, 5) is 97.7. The van der Waals surface area contributed by atoms with Crippen molar-refractivity contribution >= 4 is 137 Å². The third kappa shape index (κ3) is 26.0. The van der Waals surface area contributed by atoms with Crippen LogP contribution in [0.3, 0.4) is 0 Å². The zero-order chi connectivity index (χ0) is 101. The molecule has 20 rings (SSSR count). The third-order valence-electron chi connectivity index (χ3n) is 21.3. The predicted molar refractivity (Wildman–Crippen MR) is 526 cm³/mol. The molecular weight excluding hydrogens is 1920 g/mol. The Morgan fingerprint density at radius 2 is 0.621 bits per heavy atom. The molecule has 8 amide bonds. The lowest BCUT2D eigenvalue weighted by molar-refractivity contribution is 0.261. The van der Waals surface area contributed by atoms with E-state index in [1.807, 2.05) is 25.1 Å². The van der Waals surface area contributed by atoms with E-state index in [1.165, 1.54) is 78.9 Å². The molecule has 6 aromatic heterocycles. The summed E-state index contributed by atoms with van der Waals surface area (Å²) in [7, 11) is 0. The fourth-order valence-electron chi connectivity index (χ4n) is 14.5. The summed E-state index contributed by atoms with van der Waals surface area (Å²) in [5.41, 5.74) is 8.85. The molecule has 0 atom stereocenters. The molecule has 145 heavy (non-hydrogen) atoms. The molecule has 30 nitrogen and oxygen atoms in total. The van der Waals surface area contributed by atoms with Gasteiger partial charge in [0, 0.05) is 211 Å². The fourth-order valence-corrected chi connectivity index (χ4v) is 14.7. The van der Waals surface area contributed by atoms with E-state index >= 15 is 0 Å². The van der Waals surface area contributed by atoms with Gasteiger partial charge >= 0.3 is 24.1 Å². The number of nitrogens with zero attached hydrogens (tertiary/aromatic N) is 12. The molecule has 2 saturated heterocycles. The number of ether oxygens (including phenoxy) is 4. The van der Waals surface area contributed by atoms with E-state index in [4.69, 9.17) is 30.5 Å². The van der Waals surface area contributed by atoms with Gasteiger partial charge in [0.1, 0.15) is 52.1 Å².